The molecule has 0 aliphatic heterocycles. The van der Waals surface area contributed by atoms with E-state index in [0.717, 1.165) is 10.6 Å². The molecule has 0 fully saturated rings. The van der Waals surface area contributed by atoms with Crippen molar-refractivity contribution in [3.8, 4) is 5.75 Å². The molecule has 0 saturated carbocycles. The predicted molar refractivity (Wildman–Crippen MR) is 104 cm³/mol. The molecule has 1 N–H and O–H groups in total. The predicted octanol–water partition coefficient (Wildman–Crippen LogP) is 3.53. The van der Waals surface area contributed by atoms with Crippen molar-refractivity contribution in [3.63, 3.8) is 0 Å². The van der Waals surface area contributed by atoms with Gasteiger partial charge in [0, 0.05) is 10.7 Å². The molecule has 2 rings (SSSR count). The summed E-state index contributed by atoms with van der Waals surface area (Å²) in [5.41, 5.74) is 0.937. The number of rotatable bonds is 7. The van der Waals surface area contributed by atoms with Gasteiger partial charge in [0.25, 0.3) is 0 Å². The number of carbonyl (C=O) groups is 1. The van der Waals surface area contributed by atoms with Crippen molar-refractivity contribution in [3.05, 3.63) is 53.6 Å². The van der Waals surface area contributed by atoms with E-state index in [4.69, 9.17) is 16.3 Å². The summed E-state index contributed by atoms with van der Waals surface area (Å²) in [6, 6.07) is 12.2. The number of hydrogen-bond acceptors (Lipinski definition) is 4. The van der Waals surface area contributed by atoms with Gasteiger partial charge < -0.3 is 10.1 Å². The summed E-state index contributed by atoms with van der Waals surface area (Å²) in [5.74, 6) is 0.243. The van der Waals surface area contributed by atoms with Gasteiger partial charge in [0.05, 0.1) is 19.1 Å². The van der Waals surface area contributed by atoms with E-state index >= 15 is 0 Å². The number of nitrogens with one attached hydrogen (secondary N) is 1. The lowest BCUT2D eigenvalue weighted by Gasteiger charge is -2.30. The number of ether oxygens (including phenoxy) is 1. The minimum atomic E-state index is -3.68. The van der Waals surface area contributed by atoms with Crippen LogP contribution in [0.2, 0.25) is 5.02 Å². The Balaban J connectivity index is 2.31. The number of amides is 1. The average molecular weight is 397 g/mol. The molecule has 0 heterocycles. The molecule has 6 nitrogen and oxygen atoms in total. The van der Waals surface area contributed by atoms with Crippen molar-refractivity contribution >= 4 is 38.9 Å². The van der Waals surface area contributed by atoms with Crippen LogP contribution in [0.15, 0.2) is 48.5 Å². The van der Waals surface area contributed by atoms with Gasteiger partial charge in [0.15, 0.2) is 0 Å². The summed E-state index contributed by atoms with van der Waals surface area (Å²) in [6.07, 6.45) is 1.38. The fourth-order valence-corrected chi connectivity index (χ4v) is 3.89. The Morgan fingerprint density at radius 1 is 1.15 bits per heavy atom. The standard InChI is InChI=1S/C18H21ClN2O4S/c1-4-17(18(22)20-14-7-11-16(25-2)12-8-14)21(26(3,23)24)15-9-5-13(19)6-10-15/h5-12,17H,4H2,1-3H3,(H,20,22). The highest BCUT2D eigenvalue weighted by Crippen LogP contribution is 2.25. The minimum Gasteiger partial charge on any atom is -0.497 e. The van der Waals surface area contributed by atoms with Crippen molar-refractivity contribution in [2.45, 2.75) is 19.4 Å². The van der Waals surface area contributed by atoms with Crippen LogP contribution in [-0.4, -0.2) is 33.7 Å². The van der Waals surface area contributed by atoms with Gasteiger partial charge in [-0.05, 0) is 55.0 Å². The lowest BCUT2D eigenvalue weighted by molar-refractivity contribution is -0.117. The number of carbonyl (C=O) groups excluding carboxylic acids is 1. The number of methoxy groups -OCH3 is 1. The van der Waals surface area contributed by atoms with Crippen LogP contribution in [0.25, 0.3) is 0 Å². The van der Waals surface area contributed by atoms with Gasteiger partial charge in [0.1, 0.15) is 11.8 Å². The molecule has 140 valence electrons. The fraction of sp³-hybridized carbons (Fsp3) is 0.278. The van der Waals surface area contributed by atoms with Crippen LogP contribution in [0.3, 0.4) is 0 Å². The molecule has 0 spiro atoms. The summed E-state index contributed by atoms with van der Waals surface area (Å²) in [7, 11) is -2.13. The van der Waals surface area contributed by atoms with Crippen molar-refractivity contribution in [2.24, 2.45) is 0 Å². The maximum absolute atomic E-state index is 12.8. The van der Waals surface area contributed by atoms with Gasteiger partial charge in [-0.25, -0.2) is 8.42 Å². The third-order valence-corrected chi connectivity index (χ3v) is 5.20. The quantitative estimate of drug-likeness (QED) is 0.776. The van der Waals surface area contributed by atoms with Crippen molar-refractivity contribution in [1.29, 1.82) is 0 Å². The minimum absolute atomic E-state index is 0.303. The molecular formula is C18H21ClN2O4S. The van der Waals surface area contributed by atoms with Gasteiger partial charge in [-0.15, -0.1) is 0 Å². The monoisotopic (exact) mass is 396 g/mol. The van der Waals surface area contributed by atoms with Gasteiger partial charge in [0.2, 0.25) is 15.9 Å². The van der Waals surface area contributed by atoms with E-state index in [9.17, 15) is 13.2 Å². The highest BCUT2D eigenvalue weighted by atomic mass is 35.5. The number of halogens is 1. The molecule has 8 heteroatoms. The molecule has 2 aromatic rings. The molecular weight excluding hydrogens is 376 g/mol. The second-order valence-corrected chi connectivity index (χ2v) is 7.97. The molecule has 0 aromatic heterocycles. The first-order valence-corrected chi connectivity index (χ1v) is 10.2. The summed E-state index contributed by atoms with van der Waals surface area (Å²) in [6.45, 7) is 1.76. The zero-order valence-electron chi connectivity index (χ0n) is 14.8. The summed E-state index contributed by atoms with van der Waals surface area (Å²) in [4.78, 5) is 12.8. The second kappa shape index (κ2) is 8.42. The molecule has 1 amide bonds. The molecule has 0 saturated heterocycles. The van der Waals surface area contributed by atoms with Crippen LogP contribution in [0.1, 0.15) is 13.3 Å². The Morgan fingerprint density at radius 2 is 1.73 bits per heavy atom. The number of hydrogen-bond donors (Lipinski definition) is 1. The molecule has 0 bridgehead atoms. The molecule has 0 aliphatic carbocycles. The Labute approximate surface area is 158 Å². The topological polar surface area (TPSA) is 75.7 Å². The number of sulfonamides is 1. The van der Waals surface area contributed by atoms with E-state index in [1.165, 1.54) is 0 Å². The average Bonchev–Trinajstić information content (AvgIpc) is 2.60. The van der Waals surface area contributed by atoms with Gasteiger partial charge in [-0.2, -0.15) is 0 Å². The largest absolute Gasteiger partial charge is 0.497 e. The number of anilines is 2. The Hall–Kier alpha value is -2.25. The fourth-order valence-electron chi connectivity index (χ4n) is 2.55. The second-order valence-electron chi connectivity index (χ2n) is 5.68. The van der Waals surface area contributed by atoms with E-state index in [-0.39, 0.29) is 0 Å². The summed E-state index contributed by atoms with van der Waals surface area (Å²) >= 11 is 5.88. The molecule has 2 aromatic carbocycles. The van der Waals surface area contributed by atoms with E-state index in [1.54, 1.807) is 62.6 Å². The zero-order chi connectivity index (χ0) is 19.3. The zero-order valence-corrected chi connectivity index (χ0v) is 16.3. The lowest BCUT2D eigenvalue weighted by Crippen LogP contribution is -2.46. The first-order chi connectivity index (χ1) is 12.3. The third kappa shape index (κ3) is 4.89. The lowest BCUT2D eigenvalue weighted by atomic mass is 10.2. The van der Waals surface area contributed by atoms with Gasteiger partial charge >= 0.3 is 0 Å². The Morgan fingerprint density at radius 3 is 2.19 bits per heavy atom. The van der Waals surface area contributed by atoms with E-state index in [0.29, 0.717) is 28.6 Å². The molecule has 26 heavy (non-hydrogen) atoms. The van der Waals surface area contributed by atoms with Gasteiger partial charge in [-0.1, -0.05) is 18.5 Å². The first-order valence-electron chi connectivity index (χ1n) is 7.96. The van der Waals surface area contributed by atoms with E-state index < -0.39 is 22.0 Å². The van der Waals surface area contributed by atoms with Crippen LogP contribution in [0.4, 0.5) is 11.4 Å². The smallest absolute Gasteiger partial charge is 0.248 e. The highest BCUT2D eigenvalue weighted by Gasteiger charge is 2.31. The number of benzene rings is 2. The summed E-state index contributed by atoms with van der Waals surface area (Å²) in [5, 5.41) is 3.24. The molecule has 1 unspecified atom stereocenters. The van der Waals surface area contributed by atoms with Crippen LogP contribution in [0, 0.1) is 0 Å². The normalized spacial score (nSPS) is 12.3. The van der Waals surface area contributed by atoms with E-state index in [1.807, 2.05) is 0 Å². The Bertz CT molecular complexity index is 852. The highest BCUT2D eigenvalue weighted by molar-refractivity contribution is 7.92. The first kappa shape index (κ1) is 20.1. The maximum atomic E-state index is 12.8. The molecule has 0 aliphatic rings. The third-order valence-electron chi connectivity index (χ3n) is 3.77. The van der Waals surface area contributed by atoms with Gasteiger partial charge in [-0.3, -0.25) is 9.10 Å². The SMILES string of the molecule is CCC(C(=O)Nc1ccc(OC)cc1)N(c1ccc(Cl)cc1)S(C)(=O)=O. The van der Waals surface area contributed by atoms with Crippen LogP contribution in [0.5, 0.6) is 5.75 Å². The van der Waals surface area contributed by atoms with Crippen molar-refractivity contribution < 1.29 is 17.9 Å². The van der Waals surface area contributed by atoms with Crippen molar-refractivity contribution in [1.82, 2.24) is 0 Å². The van der Waals surface area contributed by atoms with Crippen LogP contribution >= 0.6 is 11.6 Å². The number of nitrogens with zero attached hydrogens (tertiary/aromatic N) is 1. The summed E-state index contributed by atoms with van der Waals surface area (Å²) < 4.78 is 30.9. The van der Waals surface area contributed by atoms with Crippen LogP contribution in [-0.2, 0) is 14.8 Å². The van der Waals surface area contributed by atoms with Crippen LogP contribution < -0.4 is 14.4 Å². The molecule has 0 radical (unpaired) electrons. The molecule has 1 atom stereocenters. The maximum Gasteiger partial charge on any atom is 0.248 e. The Kier molecular flexibility index (Phi) is 6.50. The van der Waals surface area contributed by atoms with Crippen molar-refractivity contribution in [2.75, 3.05) is 23.0 Å². The van der Waals surface area contributed by atoms with E-state index in [2.05, 4.69) is 5.32 Å².